The van der Waals surface area contributed by atoms with Crippen LogP contribution in [-0.2, 0) is 0 Å². The SMILES string of the molecule is N#Cc1ccnc(Nc2cc(C3CC3)cc(-c3ccc4ncn(C5CCCCC5O)c4c3)n2)c1. The van der Waals surface area contributed by atoms with Gasteiger partial charge in [-0.3, -0.25) is 0 Å². The van der Waals surface area contributed by atoms with Crippen molar-refractivity contribution >= 4 is 22.7 Å². The number of hydrogen-bond acceptors (Lipinski definition) is 6. The number of anilines is 2. The molecule has 0 saturated heterocycles. The van der Waals surface area contributed by atoms with Crippen molar-refractivity contribution in [1.82, 2.24) is 19.5 Å². The molecule has 0 amide bonds. The van der Waals surface area contributed by atoms with Gasteiger partial charge in [0.2, 0.25) is 0 Å². The molecule has 0 bridgehead atoms. The van der Waals surface area contributed by atoms with Crippen LogP contribution in [0.5, 0.6) is 0 Å². The van der Waals surface area contributed by atoms with E-state index in [9.17, 15) is 10.4 Å². The molecule has 0 aliphatic heterocycles. The Morgan fingerprint density at radius 3 is 2.68 bits per heavy atom. The molecule has 2 N–H and O–H groups in total. The maximum absolute atomic E-state index is 10.6. The van der Waals surface area contributed by atoms with E-state index in [-0.39, 0.29) is 12.1 Å². The average Bonchev–Trinajstić information content (AvgIpc) is 3.64. The predicted molar refractivity (Wildman–Crippen MR) is 131 cm³/mol. The quantitative estimate of drug-likeness (QED) is 0.419. The van der Waals surface area contributed by atoms with Crippen molar-refractivity contribution in [2.45, 2.75) is 56.6 Å². The number of fused-ring (bicyclic) bond motifs is 1. The standard InChI is InChI=1S/C27H26N6O/c28-15-17-9-10-29-26(11-17)32-27-14-20(18-5-6-18)12-22(31-27)19-7-8-21-24(13-19)33(16-30-21)23-3-1-2-4-25(23)34/h7-14,16,18,23,25,34H,1-6H2,(H,29,31,32). The van der Waals surface area contributed by atoms with E-state index < -0.39 is 0 Å². The number of rotatable bonds is 5. The molecule has 1 aromatic carbocycles. The Hall–Kier alpha value is -3.76. The summed E-state index contributed by atoms with van der Waals surface area (Å²) in [4.78, 5) is 13.8. The first-order chi connectivity index (χ1) is 16.7. The van der Waals surface area contributed by atoms with Crippen LogP contribution in [0.1, 0.15) is 61.6 Å². The number of nitrogens with zero attached hydrogens (tertiary/aromatic N) is 5. The lowest BCUT2D eigenvalue weighted by atomic mass is 9.92. The Morgan fingerprint density at radius 1 is 0.971 bits per heavy atom. The molecule has 2 saturated carbocycles. The second-order valence-electron chi connectivity index (χ2n) is 9.39. The molecule has 6 rings (SSSR count). The van der Waals surface area contributed by atoms with Crippen LogP contribution in [-0.4, -0.2) is 30.7 Å². The number of aliphatic hydroxyl groups is 1. The van der Waals surface area contributed by atoms with E-state index in [4.69, 9.17) is 4.98 Å². The highest BCUT2D eigenvalue weighted by atomic mass is 16.3. The molecule has 170 valence electrons. The number of pyridine rings is 2. The number of imidazole rings is 1. The van der Waals surface area contributed by atoms with E-state index in [0.717, 1.165) is 53.8 Å². The summed E-state index contributed by atoms with van der Waals surface area (Å²) in [6.45, 7) is 0. The van der Waals surface area contributed by atoms with E-state index in [2.05, 4.69) is 50.2 Å². The molecule has 3 heterocycles. The zero-order valence-corrected chi connectivity index (χ0v) is 18.9. The van der Waals surface area contributed by atoms with E-state index >= 15 is 0 Å². The van der Waals surface area contributed by atoms with E-state index in [1.807, 2.05) is 12.4 Å². The summed E-state index contributed by atoms with van der Waals surface area (Å²) in [5, 5.41) is 23.1. The van der Waals surface area contributed by atoms with Gasteiger partial charge in [-0.05, 0) is 73.6 Å². The van der Waals surface area contributed by atoms with Crippen LogP contribution >= 0.6 is 0 Å². The maximum atomic E-state index is 10.6. The fourth-order valence-corrected chi connectivity index (χ4v) is 4.98. The molecule has 2 aliphatic rings. The van der Waals surface area contributed by atoms with Gasteiger partial charge < -0.3 is 15.0 Å². The van der Waals surface area contributed by atoms with Crippen molar-refractivity contribution in [3.05, 3.63) is 66.1 Å². The summed E-state index contributed by atoms with van der Waals surface area (Å²) in [5.41, 5.74) is 5.68. The lowest BCUT2D eigenvalue weighted by Crippen LogP contribution is -2.27. The molecule has 2 atom stereocenters. The zero-order chi connectivity index (χ0) is 23.1. The van der Waals surface area contributed by atoms with Crippen LogP contribution in [0, 0.1) is 11.3 Å². The zero-order valence-electron chi connectivity index (χ0n) is 18.9. The molecule has 4 aromatic rings. The molecule has 2 unspecified atom stereocenters. The molecule has 7 heteroatoms. The van der Waals surface area contributed by atoms with Gasteiger partial charge >= 0.3 is 0 Å². The van der Waals surface area contributed by atoms with Gasteiger partial charge in [-0.1, -0.05) is 18.9 Å². The van der Waals surface area contributed by atoms with E-state index in [1.54, 1.807) is 18.3 Å². The van der Waals surface area contributed by atoms with Crippen LogP contribution in [0.25, 0.3) is 22.3 Å². The third-order valence-corrected chi connectivity index (χ3v) is 6.96. The third-order valence-electron chi connectivity index (χ3n) is 6.96. The Kier molecular flexibility index (Phi) is 5.23. The molecule has 2 aliphatic carbocycles. The van der Waals surface area contributed by atoms with Crippen LogP contribution < -0.4 is 5.32 Å². The maximum Gasteiger partial charge on any atom is 0.132 e. The minimum atomic E-state index is -0.335. The molecule has 2 fully saturated rings. The monoisotopic (exact) mass is 450 g/mol. The van der Waals surface area contributed by atoms with Gasteiger partial charge in [-0.2, -0.15) is 5.26 Å². The Bertz CT molecular complexity index is 1400. The van der Waals surface area contributed by atoms with Crippen molar-refractivity contribution < 1.29 is 5.11 Å². The molecule has 3 aromatic heterocycles. The lowest BCUT2D eigenvalue weighted by molar-refractivity contribution is 0.0773. The number of hydrogen-bond donors (Lipinski definition) is 2. The van der Waals surface area contributed by atoms with Crippen molar-refractivity contribution in [3.63, 3.8) is 0 Å². The molecular weight excluding hydrogens is 424 g/mol. The van der Waals surface area contributed by atoms with Gasteiger partial charge in [-0.15, -0.1) is 0 Å². The highest BCUT2D eigenvalue weighted by Gasteiger charge is 2.27. The van der Waals surface area contributed by atoms with Crippen LogP contribution in [0.2, 0.25) is 0 Å². The molecule has 7 nitrogen and oxygen atoms in total. The van der Waals surface area contributed by atoms with Gasteiger partial charge in [0.15, 0.2) is 0 Å². The Morgan fingerprint density at radius 2 is 1.85 bits per heavy atom. The molecule has 34 heavy (non-hydrogen) atoms. The summed E-state index contributed by atoms with van der Waals surface area (Å²) < 4.78 is 2.14. The number of benzene rings is 1. The second kappa shape index (κ2) is 8.54. The summed E-state index contributed by atoms with van der Waals surface area (Å²) in [7, 11) is 0. The first-order valence-electron chi connectivity index (χ1n) is 12.0. The summed E-state index contributed by atoms with van der Waals surface area (Å²) in [5.74, 6) is 1.89. The van der Waals surface area contributed by atoms with E-state index in [1.165, 1.54) is 18.4 Å². The van der Waals surface area contributed by atoms with Crippen LogP contribution in [0.3, 0.4) is 0 Å². The smallest absolute Gasteiger partial charge is 0.132 e. The van der Waals surface area contributed by atoms with Crippen molar-refractivity contribution in [2.75, 3.05) is 5.32 Å². The first-order valence-corrected chi connectivity index (χ1v) is 12.0. The van der Waals surface area contributed by atoms with Gasteiger partial charge in [-0.25, -0.2) is 15.0 Å². The van der Waals surface area contributed by atoms with Crippen molar-refractivity contribution in [2.24, 2.45) is 0 Å². The highest BCUT2D eigenvalue weighted by Crippen LogP contribution is 2.42. The normalized spacial score (nSPS) is 20.2. The van der Waals surface area contributed by atoms with Gasteiger partial charge in [0.05, 0.1) is 46.8 Å². The summed E-state index contributed by atoms with van der Waals surface area (Å²) in [6, 6.07) is 16.1. The largest absolute Gasteiger partial charge is 0.391 e. The first kappa shape index (κ1) is 20.8. The fraction of sp³-hybridized carbons (Fsp3) is 0.333. The average molecular weight is 451 g/mol. The topological polar surface area (TPSA) is 99.7 Å². The Balaban J connectivity index is 1.39. The summed E-state index contributed by atoms with van der Waals surface area (Å²) >= 11 is 0. The number of nitrogens with one attached hydrogen (secondary N) is 1. The van der Waals surface area contributed by atoms with Crippen molar-refractivity contribution in [3.8, 4) is 17.3 Å². The van der Waals surface area contributed by atoms with E-state index in [0.29, 0.717) is 17.3 Å². The summed E-state index contributed by atoms with van der Waals surface area (Å²) in [6.07, 6.45) is 9.55. The van der Waals surface area contributed by atoms with Crippen LogP contribution in [0.15, 0.2) is 55.0 Å². The van der Waals surface area contributed by atoms with Gasteiger partial charge in [0.1, 0.15) is 11.6 Å². The minimum Gasteiger partial charge on any atom is -0.391 e. The van der Waals surface area contributed by atoms with Gasteiger partial charge in [0, 0.05) is 11.8 Å². The molecular formula is C27H26N6O. The number of aliphatic hydroxyl groups excluding tert-OH is 1. The molecule has 0 spiro atoms. The third kappa shape index (κ3) is 4.02. The second-order valence-corrected chi connectivity index (χ2v) is 9.39. The predicted octanol–water partition coefficient (Wildman–Crippen LogP) is 5.46. The minimum absolute atomic E-state index is 0.0653. The molecule has 0 radical (unpaired) electrons. The van der Waals surface area contributed by atoms with Crippen LogP contribution in [0.4, 0.5) is 11.6 Å². The van der Waals surface area contributed by atoms with Gasteiger partial charge in [0.25, 0.3) is 0 Å². The lowest BCUT2D eigenvalue weighted by Gasteiger charge is -2.29. The number of nitriles is 1. The van der Waals surface area contributed by atoms with Crippen molar-refractivity contribution in [1.29, 1.82) is 5.26 Å². The fourth-order valence-electron chi connectivity index (χ4n) is 4.98. The highest BCUT2D eigenvalue weighted by molar-refractivity contribution is 5.82. The Labute approximate surface area is 198 Å². The number of aromatic nitrogens is 4.